The Morgan fingerprint density at radius 1 is 1.19 bits per heavy atom. The predicted molar refractivity (Wildman–Crippen MR) is 81.2 cm³/mol. The van der Waals surface area contributed by atoms with Crippen molar-refractivity contribution in [2.75, 3.05) is 14.2 Å². The van der Waals surface area contributed by atoms with E-state index >= 15 is 0 Å². The van der Waals surface area contributed by atoms with Crippen LogP contribution in [0.1, 0.15) is 23.1 Å². The van der Waals surface area contributed by atoms with Crippen molar-refractivity contribution < 1.29 is 9.47 Å². The van der Waals surface area contributed by atoms with Crippen molar-refractivity contribution in [3.05, 3.63) is 22.8 Å². The molecule has 0 saturated heterocycles. The van der Waals surface area contributed by atoms with Gasteiger partial charge in [0.2, 0.25) is 5.96 Å². The molecular weight excluding hydrogens is 272 g/mol. The van der Waals surface area contributed by atoms with Crippen LogP contribution in [0.25, 0.3) is 0 Å². The van der Waals surface area contributed by atoms with Gasteiger partial charge in [0.25, 0.3) is 0 Å². The first kappa shape index (κ1) is 14.6. The fourth-order valence-corrected chi connectivity index (χ4v) is 2.42. The highest BCUT2D eigenvalue weighted by Crippen LogP contribution is 2.40. The monoisotopic (exact) mass is 290 g/mol. The van der Waals surface area contributed by atoms with Crippen LogP contribution < -0.4 is 26.7 Å². The largest absolute Gasteiger partial charge is 0.493 e. The number of methoxy groups -OCH3 is 2. The molecule has 1 aliphatic carbocycles. The summed E-state index contributed by atoms with van der Waals surface area (Å²) in [6.45, 7) is 0. The van der Waals surface area contributed by atoms with Crippen molar-refractivity contribution in [1.29, 1.82) is 5.41 Å². The number of hydrogen-bond acceptors (Lipinski definition) is 5. The summed E-state index contributed by atoms with van der Waals surface area (Å²) in [6.07, 6.45) is 1.32. The second-order valence-corrected chi connectivity index (χ2v) is 4.50. The predicted octanol–water partition coefficient (Wildman–Crippen LogP) is -0.0884. The molecule has 1 aliphatic rings. The Morgan fingerprint density at radius 3 is 2.43 bits per heavy atom. The maximum Gasteiger partial charge on any atom is 0.211 e. The lowest BCUT2D eigenvalue weighted by molar-refractivity contribution is 0.354. The van der Waals surface area contributed by atoms with Gasteiger partial charge < -0.3 is 26.7 Å². The molecule has 2 rings (SSSR count). The Morgan fingerprint density at radius 2 is 1.90 bits per heavy atom. The number of ether oxygens (including phenoxy) is 2. The van der Waals surface area contributed by atoms with Crippen LogP contribution >= 0.6 is 0 Å². The Balaban J connectivity index is 2.72. The van der Waals surface area contributed by atoms with E-state index in [1.54, 1.807) is 13.2 Å². The van der Waals surface area contributed by atoms with Crippen LogP contribution in [0.15, 0.2) is 16.3 Å². The van der Waals surface area contributed by atoms with E-state index in [1.165, 1.54) is 7.11 Å². The van der Waals surface area contributed by atoms with E-state index in [9.17, 15) is 0 Å². The van der Waals surface area contributed by atoms with Gasteiger partial charge in [0.05, 0.1) is 19.9 Å². The second kappa shape index (κ2) is 5.70. The highest BCUT2D eigenvalue weighted by Gasteiger charge is 2.29. The number of guanidine groups is 1. The summed E-state index contributed by atoms with van der Waals surface area (Å²) in [7, 11) is 3.07. The summed E-state index contributed by atoms with van der Waals surface area (Å²) < 4.78 is 10.7. The van der Waals surface area contributed by atoms with Crippen molar-refractivity contribution in [2.45, 2.75) is 12.8 Å². The fourth-order valence-electron chi connectivity index (χ4n) is 2.42. The zero-order valence-electron chi connectivity index (χ0n) is 11.9. The third-order valence-electron chi connectivity index (χ3n) is 3.25. The van der Waals surface area contributed by atoms with Crippen LogP contribution in [0.3, 0.4) is 0 Å². The topological polar surface area (TPSA) is 145 Å². The van der Waals surface area contributed by atoms with E-state index in [1.807, 2.05) is 0 Å². The third kappa shape index (κ3) is 2.60. The van der Waals surface area contributed by atoms with E-state index in [2.05, 4.69) is 10.2 Å². The quantitative estimate of drug-likeness (QED) is 0.348. The van der Waals surface area contributed by atoms with Gasteiger partial charge in [-0.1, -0.05) is 0 Å². The Hall–Kier alpha value is -2.77. The Kier molecular flexibility index (Phi) is 3.97. The second-order valence-electron chi connectivity index (χ2n) is 4.50. The number of nitrogens with one attached hydrogen (secondary N) is 1. The number of nitrogen functional groups attached to an aromatic ring is 1. The summed E-state index contributed by atoms with van der Waals surface area (Å²) in [4.78, 5) is 0. The molecule has 0 spiro atoms. The zero-order chi connectivity index (χ0) is 15.6. The molecule has 0 bridgehead atoms. The van der Waals surface area contributed by atoms with Gasteiger partial charge in [-0.3, -0.25) is 5.41 Å². The molecular formula is C13H18N6O2. The average Bonchev–Trinajstić information content (AvgIpc) is 2.86. The lowest BCUT2D eigenvalue weighted by atomic mass is 10.0. The molecule has 0 amide bonds. The first-order valence-electron chi connectivity index (χ1n) is 6.27. The van der Waals surface area contributed by atoms with E-state index in [-0.39, 0.29) is 11.8 Å². The summed E-state index contributed by atoms with van der Waals surface area (Å²) in [5.41, 5.74) is 19.2. The molecule has 21 heavy (non-hydrogen) atoms. The van der Waals surface area contributed by atoms with Crippen molar-refractivity contribution in [2.24, 2.45) is 27.4 Å². The van der Waals surface area contributed by atoms with Gasteiger partial charge in [0.1, 0.15) is 5.84 Å². The number of rotatable bonds is 4. The van der Waals surface area contributed by atoms with E-state index in [4.69, 9.17) is 32.1 Å². The first-order valence-corrected chi connectivity index (χ1v) is 6.27. The smallest absolute Gasteiger partial charge is 0.211 e. The average molecular weight is 290 g/mol. The standard InChI is InChI=1S/C13H18N6O2/c1-20-9-5-7(12(14)15)6-3-4-8(18-19-13(16)17)10(6)11(9)21-2/h5H,3-4H2,1-2H3,(H3,14,15)(H4,16,17,19)/b18-8+. The van der Waals surface area contributed by atoms with Crippen LogP contribution in [0.5, 0.6) is 11.5 Å². The summed E-state index contributed by atoms with van der Waals surface area (Å²) in [6, 6.07) is 1.70. The van der Waals surface area contributed by atoms with Crippen molar-refractivity contribution in [1.82, 2.24) is 0 Å². The molecule has 7 N–H and O–H groups in total. The van der Waals surface area contributed by atoms with Gasteiger partial charge in [-0.05, 0) is 24.5 Å². The van der Waals surface area contributed by atoms with Crippen LogP contribution in [0.4, 0.5) is 0 Å². The SMILES string of the molecule is COc1cc(C(=N)N)c2c(c1OC)/C(=N/N=C(N)N)CC2. The minimum absolute atomic E-state index is 0.0321. The Labute approximate surface area is 122 Å². The molecule has 0 aliphatic heterocycles. The van der Waals surface area contributed by atoms with Crippen molar-refractivity contribution in [3.8, 4) is 11.5 Å². The van der Waals surface area contributed by atoms with Gasteiger partial charge >= 0.3 is 0 Å². The molecule has 0 atom stereocenters. The van der Waals surface area contributed by atoms with E-state index in [0.29, 0.717) is 35.6 Å². The minimum atomic E-state index is -0.121. The van der Waals surface area contributed by atoms with Gasteiger partial charge in [0.15, 0.2) is 11.5 Å². The normalized spacial score (nSPS) is 14.7. The number of amidine groups is 1. The van der Waals surface area contributed by atoms with E-state index in [0.717, 1.165) is 11.1 Å². The van der Waals surface area contributed by atoms with Gasteiger partial charge in [0, 0.05) is 11.1 Å². The van der Waals surface area contributed by atoms with E-state index < -0.39 is 0 Å². The van der Waals surface area contributed by atoms with Crippen molar-refractivity contribution >= 4 is 17.5 Å². The molecule has 0 aromatic heterocycles. The minimum Gasteiger partial charge on any atom is -0.493 e. The third-order valence-corrected chi connectivity index (χ3v) is 3.25. The van der Waals surface area contributed by atoms with Crippen LogP contribution in [0.2, 0.25) is 0 Å². The van der Waals surface area contributed by atoms with Crippen LogP contribution in [-0.4, -0.2) is 31.7 Å². The molecule has 0 unspecified atom stereocenters. The van der Waals surface area contributed by atoms with Crippen molar-refractivity contribution in [3.63, 3.8) is 0 Å². The van der Waals surface area contributed by atoms with Crippen LogP contribution in [-0.2, 0) is 6.42 Å². The number of nitrogens with two attached hydrogens (primary N) is 3. The number of hydrogen-bond donors (Lipinski definition) is 4. The molecule has 1 aromatic rings. The van der Waals surface area contributed by atoms with Gasteiger partial charge in [-0.25, -0.2) is 0 Å². The van der Waals surface area contributed by atoms with Gasteiger partial charge in [-0.2, -0.15) is 5.10 Å². The summed E-state index contributed by atoms with van der Waals surface area (Å²) in [5.74, 6) is 0.875. The van der Waals surface area contributed by atoms with Gasteiger partial charge in [-0.15, -0.1) is 5.10 Å². The molecule has 112 valence electrons. The Bertz CT molecular complexity index is 647. The number of nitrogens with zero attached hydrogens (tertiary/aromatic N) is 2. The molecule has 0 radical (unpaired) electrons. The zero-order valence-corrected chi connectivity index (χ0v) is 11.9. The summed E-state index contributed by atoms with van der Waals surface area (Å²) in [5, 5.41) is 15.5. The lowest BCUT2D eigenvalue weighted by Crippen LogP contribution is -2.22. The fraction of sp³-hybridized carbons (Fsp3) is 0.308. The molecule has 1 aromatic carbocycles. The number of fused-ring (bicyclic) bond motifs is 1. The maximum atomic E-state index is 7.71. The molecule has 0 saturated carbocycles. The highest BCUT2D eigenvalue weighted by atomic mass is 16.5. The maximum absolute atomic E-state index is 7.71. The molecule has 8 heteroatoms. The molecule has 0 fully saturated rings. The molecule has 0 heterocycles. The molecule has 8 nitrogen and oxygen atoms in total. The highest BCUT2D eigenvalue weighted by molar-refractivity contribution is 6.11. The van der Waals surface area contributed by atoms with Crippen LogP contribution in [0, 0.1) is 5.41 Å². The summed E-state index contributed by atoms with van der Waals surface area (Å²) >= 11 is 0. The number of benzene rings is 1. The lowest BCUT2D eigenvalue weighted by Gasteiger charge is -2.15. The first-order chi connectivity index (χ1) is 9.99.